The Morgan fingerprint density at radius 1 is 0.889 bits per heavy atom. The largest absolute Gasteiger partial charge is 0.430 e. The van der Waals surface area contributed by atoms with Gasteiger partial charge in [-0.15, -0.1) is 6.42 Å². The third-order valence-corrected chi connectivity index (χ3v) is 5.67. The number of aromatic nitrogens is 2. The van der Waals surface area contributed by atoms with Crippen molar-refractivity contribution in [1.29, 1.82) is 0 Å². The number of rotatable bonds is 4. The summed E-state index contributed by atoms with van der Waals surface area (Å²) in [6, 6.07) is 16.2. The molecule has 0 spiro atoms. The molecule has 0 aliphatic carbocycles. The molecule has 4 aromatic rings. The van der Waals surface area contributed by atoms with E-state index in [1.54, 1.807) is 42.5 Å². The summed E-state index contributed by atoms with van der Waals surface area (Å²) in [6.07, 6.45) is -6.51. The zero-order valence-electron chi connectivity index (χ0n) is 18.2. The molecule has 0 radical (unpaired) electrons. The van der Waals surface area contributed by atoms with Crippen LogP contribution in [0.1, 0.15) is 22.5 Å². The summed E-state index contributed by atoms with van der Waals surface area (Å²) in [5.74, 6) is 2.59. The van der Waals surface area contributed by atoms with Gasteiger partial charge in [-0.3, -0.25) is 9.36 Å². The summed E-state index contributed by atoms with van der Waals surface area (Å²) in [6.45, 7) is 0. The lowest BCUT2D eigenvalue weighted by atomic mass is 9.92. The van der Waals surface area contributed by atoms with Gasteiger partial charge in [0.2, 0.25) is 0 Å². The molecule has 0 bridgehead atoms. The minimum Gasteiger partial charge on any atom is -0.369 e. The van der Waals surface area contributed by atoms with Crippen molar-refractivity contribution < 1.29 is 31.4 Å². The van der Waals surface area contributed by atoms with Gasteiger partial charge < -0.3 is 5.11 Å². The number of nitrogens with zero attached hydrogens (tertiary/aromatic N) is 2. The van der Waals surface area contributed by atoms with E-state index < -0.39 is 29.1 Å². The van der Waals surface area contributed by atoms with Gasteiger partial charge in [0, 0.05) is 17.5 Å². The Balaban J connectivity index is 1.93. The van der Waals surface area contributed by atoms with Crippen LogP contribution < -0.4 is 5.56 Å². The molecule has 0 saturated heterocycles. The quantitative estimate of drug-likeness (QED) is 0.306. The summed E-state index contributed by atoms with van der Waals surface area (Å²) in [4.78, 5) is 18.0. The van der Waals surface area contributed by atoms with Gasteiger partial charge in [-0.25, -0.2) is 4.98 Å². The minimum absolute atomic E-state index is 0.0399. The second kappa shape index (κ2) is 8.84. The van der Waals surface area contributed by atoms with E-state index in [9.17, 15) is 36.2 Å². The second-order valence-corrected chi connectivity index (χ2v) is 7.96. The molecule has 1 N–H and O–H groups in total. The Hall–Kier alpha value is -4.10. The Morgan fingerprint density at radius 3 is 2.06 bits per heavy atom. The van der Waals surface area contributed by atoms with Gasteiger partial charge in [0.05, 0.1) is 16.6 Å². The van der Waals surface area contributed by atoms with Crippen molar-refractivity contribution in [2.45, 2.75) is 24.4 Å². The van der Waals surface area contributed by atoms with E-state index in [1.165, 1.54) is 6.07 Å². The van der Waals surface area contributed by atoms with Crippen molar-refractivity contribution in [3.05, 3.63) is 106 Å². The molecule has 4 nitrogen and oxygen atoms in total. The van der Waals surface area contributed by atoms with E-state index in [2.05, 4.69) is 10.9 Å². The van der Waals surface area contributed by atoms with Crippen molar-refractivity contribution in [1.82, 2.24) is 9.55 Å². The highest BCUT2D eigenvalue weighted by Gasteiger charge is 2.71. The standard InChI is InChI=1S/C26H16F6N2O2/c1-2-16-8-13-21-20(14-16)23(35)34(22(33-21)15-17-6-4-3-5-7-17)19-11-9-18(10-12-19)24(36,25(27,28)29)26(30,31)32/h1,3-14,36H,15H2. The third-order valence-electron chi connectivity index (χ3n) is 5.67. The van der Waals surface area contributed by atoms with Gasteiger partial charge in [0.15, 0.2) is 0 Å². The summed E-state index contributed by atoms with van der Waals surface area (Å²) in [5, 5.41) is 9.79. The predicted octanol–water partition coefficient (Wildman–Crippen LogP) is 5.27. The normalized spacial score (nSPS) is 12.5. The minimum atomic E-state index is -6.03. The first kappa shape index (κ1) is 25.0. The van der Waals surface area contributed by atoms with Crippen molar-refractivity contribution in [3.63, 3.8) is 0 Å². The Kier molecular flexibility index (Phi) is 6.14. The zero-order chi connectivity index (χ0) is 26.3. The molecular weight excluding hydrogens is 486 g/mol. The van der Waals surface area contributed by atoms with E-state index in [1.807, 2.05) is 0 Å². The maximum atomic E-state index is 13.5. The predicted molar refractivity (Wildman–Crippen MR) is 121 cm³/mol. The molecule has 0 unspecified atom stereocenters. The molecular formula is C26H16F6N2O2. The number of fused-ring (bicyclic) bond motifs is 1. The Morgan fingerprint density at radius 2 is 1.50 bits per heavy atom. The number of terminal acetylenes is 1. The Bertz CT molecular complexity index is 1500. The lowest BCUT2D eigenvalue weighted by Gasteiger charge is -2.32. The average Bonchev–Trinajstić information content (AvgIpc) is 2.83. The lowest BCUT2D eigenvalue weighted by Crippen LogP contribution is -2.53. The Labute approximate surface area is 200 Å². The van der Waals surface area contributed by atoms with Gasteiger partial charge in [-0.1, -0.05) is 48.4 Å². The monoisotopic (exact) mass is 502 g/mol. The summed E-state index contributed by atoms with van der Waals surface area (Å²) in [7, 11) is 0. The fourth-order valence-corrected chi connectivity index (χ4v) is 3.82. The van der Waals surface area contributed by atoms with Crippen molar-refractivity contribution in [3.8, 4) is 18.0 Å². The van der Waals surface area contributed by atoms with Gasteiger partial charge in [0.25, 0.3) is 11.2 Å². The molecule has 10 heteroatoms. The highest BCUT2D eigenvalue weighted by atomic mass is 19.4. The molecule has 0 atom stereocenters. The molecule has 1 heterocycles. The second-order valence-electron chi connectivity index (χ2n) is 7.96. The topological polar surface area (TPSA) is 55.1 Å². The van der Waals surface area contributed by atoms with Crippen LogP contribution in [-0.4, -0.2) is 27.0 Å². The first-order valence-electron chi connectivity index (χ1n) is 10.4. The van der Waals surface area contributed by atoms with Crippen LogP contribution in [-0.2, 0) is 12.0 Å². The molecule has 0 aliphatic heterocycles. The summed E-state index contributed by atoms with van der Waals surface area (Å²) >= 11 is 0. The van der Waals surface area contributed by atoms with E-state index >= 15 is 0 Å². The molecule has 0 aliphatic rings. The fourth-order valence-electron chi connectivity index (χ4n) is 3.82. The van der Waals surface area contributed by atoms with Crippen LogP contribution in [0.2, 0.25) is 0 Å². The number of halogens is 6. The van der Waals surface area contributed by atoms with E-state index in [4.69, 9.17) is 6.42 Å². The highest BCUT2D eigenvalue weighted by Crippen LogP contribution is 2.50. The van der Waals surface area contributed by atoms with Crippen LogP contribution in [0.3, 0.4) is 0 Å². The van der Waals surface area contributed by atoms with Crippen LogP contribution in [0.15, 0.2) is 77.6 Å². The first-order chi connectivity index (χ1) is 16.9. The molecule has 0 saturated carbocycles. The number of hydrogen-bond donors (Lipinski definition) is 1. The SMILES string of the molecule is C#Cc1ccc2nc(Cc3ccccc3)n(-c3ccc(C(O)(C(F)(F)F)C(F)(F)F)cc3)c(=O)c2c1. The lowest BCUT2D eigenvalue weighted by molar-refractivity contribution is -0.376. The van der Waals surface area contributed by atoms with Gasteiger partial charge in [0.1, 0.15) is 5.82 Å². The number of hydrogen-bond acceptors (Lipinski definition) is 3. The van der Waals surface area contributed by atoms with Gasteiger partial charge >= 0.3 is 12.4 Å². The average molecular weight is 502 g/mol. The van der Waals surface area contributed by atoms with Crippen molar-refractivity contribution in [2.75, 3.05) is 0 Å². The first-order valence-corrected chi connectivity index (χ1v) is 10.4. The maximum Gasteiger partial charge on any atom is 0.430 e. The maximum absolute atomic E-state index is 13.5. The van der Waals surface area contributed by atoms with Crippen LogP contribution in [0.25, 0.3) is 16.6 Å². The van der Waals surface area contributed by atoms with E-state index in [0.717, 1.165) is 22.3 Å². The van der Waals surface area contributed by atoms with Crippen molar-refractivity contribution >= 4 is 10.9 Å². The number of alkyl halides is 6. The van der Waals surface area contributed by atoms with Gasteiger partial charge in [-0.05, 0) is 35.9 Å². The molecule has 0 fully saturated rings. The number of aliphatic hydroxyl groups is 1. The summed E-state index contributed by atoms with van der Waals surface area (Å²) < 4.78 is 80.7. The van der Waals surface area contributed by atoms with Crippen LogP contribution in [0, 0.1) is 12.3 Å². The third kappa shape index (κ3) is 4.22. The van der Waals surface area contributed by atoms with Crippen LogP contribution >= 0.6 is 0 Å². The van der Waals surface area contributed by atoms with Crippen molar-refractivity contribution in [2.24, 2.45) is 0 Å². The fraction of sp³-hybridized carbons (Fsp3) is 0.154. The van der Waals surface area contributed by atoms with Gasteiger partial charge in [-0.2, -0.15) is 26.3 Å². The van der Waals surface area contributed by atoms with Crippen LogP contribution in [0.5, 0.6) is 0 Å². The van der Waals surface area contributed by atoms with E-state index in [0.29, 0.717) is 23.2 Å². The highest BCUT2D eigenvalue weighted by molar-refractivity contribution is 5.79. The number of benzene rings is 3. The molecule has 184 valence electrons. The molecule has 0 amide bonds. The smallest absolute Gasteiger partial charge is 0.369 e. The van der Waals surface area contributed by atoms with Crippen LogP contribution in [0.4, 0.5) is 26.3 Å². The molecule has 1 aromatic heterocycles. The zero-order valence-corrected chi connectivity index (χ0v) is 18.2. The molecule has 4 rings (SSSR count). The summed E-state index contributed by atoms with van der Waals surface area (Å²) in [5.41, 5.74) is -5.70. The van der Waals surface area contributed by atoms with E-state index in [-0.39, 0.29) is 23.3 Å². The molecule has 3 aromatic carbocycles. The molecule has 36 heavy (non-hydrogen) atoms.